The summed E-state index contributed by atoms with van der Waals surface area (Å²) in [6.07, 6.45) is 4.08. The van der Waals surface area contributed by atoms with Crippen molar-refractivity contribution in [1.29, 1.82) is 0 Å². The molecule has 1 aromatic heterocycles. The molecule has 0 saturated heterocycles. The normalized spacial score (nSPS) is 11.0. The Balaban J connectivity index is 1.66. The maximum atomic E-state index is 9.46. The highest BCUT2D eigenvalue weighted by Crippen LogP contribution is 2.21. The van der Waals surface area contributed by atoms with Crippen LogP contribution >= 0.6 is 0 Å². The molecule has 2 N–H and O–H groups in total. The van der Waals surface area contributed by atoms with E-state index in [4.69, 9.17) is 0 Å². The highest BCUT2D eigenvalue weighted by atomic mass is 16.3. The van der Waals surface area contributed by atoms with Crippen LogP contribution in [0.5, 0.6) is 11.5 Å². The minimum Gasteiger partial charge on any atom is -0.508 e. The van der Waals surface area contributed by atoms with E-state index in [9.17, 15) is 10.2 Å². The molecule has 3 nitrogen and oxygen atoms in total. The molecule has 0 amide bonds. The first kappa shape index (κ1) is 12.6. The summed E-state index contributed by atoms with van der Waals surface area (Å²) >= 11 is 0. The highest BCUT2D eigenvalue weighted by Gasteiger charge is 2.02. The molecule has 0 saturated carbocycles. The van der Waals surface area contributed by atoms with E-state index in [1.807, 2.05) is 24.3 Å². The van der Waals surface area contributed by atoms with Gasteiger partial charge in [0.05, 0.1) is 0 Å². The van der Waals surface area contributed by atoms with Gasteiger partial charge in [-0.05, 0) is 54.8 Å². The molecule has 0 fully saturated rings. The largest absolute Gasteiger partial charge is 0.508 e. The van der Waals surface area contributed by atoms with E-state index in [0.29, 0.717) is 11.5 Å². The van der Waals surface area contributed by atoms with E-state index in [1.54, 1.807) is 24.3 Å². The van der Waals surface area contributed by atoms with Crippen LogP contribution in [-0.2, 0) is 13.0 Å². The summed E-state index contributed by atoms with van der Waals surface area (Å²) < 4.78 is 2.20. The van der Waals surface area contributed by atoms with Crippen molar-refractivity contribution in [2.75, 3.05) is 0 Å². The third kappa shape index (κ3) is 2.62. The molecular formula is C17H17NO2. The molecule has 0 spiro atoms. The molecule has 2 aromatic carbocycles. The van der Waals surface area contributed by atoms with Gasteiger partial charge in [0.1, 0.15) is 11.5 Å². The molecule has 3 aromatic rings. The Morgan fingerprint density at radius 1 is 0.850 bits per heavy atom. The predicted octanol–water partition coefficient (Wildman–Crippen LogP) is 3.69. The minimum absolute atomic E-state index is 0.305. The summed E-state index contributed by atoms with van der Waals surface area (Å²) in [6, 6.07) is 14.8. The molecular weight excluding hydrogens is 250 g/mol. The summed E-state index contributed by atoms with van der Waals surface area (Å²) in [7, 11) is 0. The van der Waals surface area contributed by atoms with Gasteiger partial charge in [0, 0.05) is 23.6 Å². The van der Waals surface area contributed by atoms with Crippen molar-refractivity contribution >= 4 is 10.9 Å². The average Bonchev–Trinajstić information content (AvgIpc) is 2.83. The first-order chi connectivity index (χ1) is 9.72. The number of benzene rings is 2. The van der Waals surface area contributed by atoms with E-state index >= 15 is 0 Å². The van der Waals surface area contributed by atoms with Crippen molar-refractivity contribution in [3.63, 3.8) is 0 Å². The number of phenols is 2. The number of aryl methyl sites for hydroxylation is 2. The Bertz CT molecular complexity index is 713. The maximum Gasteiger partial charge on any atom is 0.116 e. The van der Waals surface area contributed by atoms with E-state index < -0.39 is 0 Å². The van der Waals surface area contributed by atoms with Crippen LogP contribution in [0.4, 0.5) is 0 Å². The van der Waals surface area contributed by atoms with Gasteiger partial charge < -0.3 is 14.8 Å². The SMILES string of the molecule is Oc1ccc(CCCn2ccc3cc(O)ccc32)cc1. The first-order valence-electron chi connectivity index (χ1n) is 6.78. The van der Waals surface area contributed by atoms with Crippen LogP contribution in [-0.4, -0.2) is 14.8 Å². The molecule has 0 atom stereocenters. The number of rotatable bonds is 4. The monoisotopic (exact) mass is 267 g/mol. The zero-order valence-corrected chi connectivity index (χ0v) is 11.2. The minimum atomic E-state index is 0.305. The third-order valence-corrected chi connectivity index (χ3v) is 3.56. The first-order valence-corrected chi connectivity index (χ1v) is 6.78. The molecule has 0 bridgehead atoms. The van der Waals surface area contributed by atoms with E-state index in [0.717, 1.165) is 30.3 Å². The van der Waals surface area contributed by atoms with Crippen LogP contribution in [0, 0.1) is 0 Å². The number of phenolic OH excluding ortho intramolecular Hbond substituents is 2. The smallest absolute Gasteiger partial charge is 0.116 e. The van der Waals surface area contributed by atoms with Crippen molar-refractivity contribution in [3.05, 3.63) is 60.3 Å². The summed E-state index contributed by atoms with van der Waals surface area (Å²) in [5.74, 6) is 0.615. The standard InChI is InChI=1S/C17H17NO2/c19-15-5-3-13(4-6-15)2-1-10-18-11-9-14-12-16(20)7-8-17(14)18/h3-9,11-12,19-20H,1-2,10H2. The summed E-state index contributed by atoms with van der Waals surface area (Å²) in [5.41, 5.74) is 2.38. The van der Waals surface area contributed by atoms with Gasteiger partial charge in [-0.3, -0.25) is 0 Å². The second kappa shape index (κ2) is 5.29. The lowest BCUT2D eigenvalue weighted by Gasteiger charge is -2.06. The van der Waals surface area contributed by atoms with Gasteiger partial charge >= 0.3 is 0 Å². The molecule has 0 aliphatic heterocycles. The Morgan fingerprint density at radius 2 is 1.60 bits per heavy atom. The molecule has 1 heterocycles. The topological polar surface area (TPSA) is 45.4 Å². The van der Waals surface area contributed by atoms with Crippen LogP contribution in [0.25, 0.3) is 10.9 Å². The van der Waals surface area contributed by atoms with Crippen LogP contribution in [0.3, 0.4) is 0 Å². The Hall–Kier alpha value is -2.42. The number of aromatic hydroxyl groups is 2. The lowest BCUT2D eigenvalue weighted by molar-refractivity contribution is 0.474. The zero-order valence-electron chi connectivity index (χ0n) is 11.2. The van der Waals surface area contributed by atoms with E-state index in [-0.39, 0.29) is 0 Å². The van der Waals surface area contributed by atoms with Gasteiger partial charge in [-0.1, -0.05) is 12.1 Å². The third-order valence-electron chi connectivity index (χ3n) is 3.56. The van der Waals surface area contributed by atoms with Gasteiger partial charge in [-0.2, -0.15) is 0 Å². The lowest BCUT2D eigenvalue weighted by Crippen LogP contribution is -1.97. The van der Waals surface area contributed by atoms with Crippen molar-refractivity contribution in [2.45, 2.75) is 19.4 Å². The quantitative estimate of drug-likeness (QED) is 0.757. The highest BCUT2D eigenvalue weighted by molar-refractivity contribution is 5.81. The molecule has 3 rings (SSSR count). The lowest BCUT2D eigenvalue weighted by atomic mass is 10.1. The van der Waals surface area contributed by atoms with E-state index in [2.05, 4.69) is 10.8 Å². The Labute approximate surface area is 117 Å². The summed E-state index contributed by atoms with van der Waals surface area (Å²) in [4.78, 5) is 0. The van der Waals surface area contributed by atoms with Gasteiger partial charge in [0.15, 0.2) is 0 Å². The number of aromatic nitrogens is 1. The second-order valence-corrected chi connectivity index (χ2v) is 5.02. The van der Waals surface area contributed by atoms with Gasteiger partial charge in [-0.25, -0.2) is 0 Å². The number of hydrogen-bond donors (Lipinski definition) is 2. The molecule has 0 radical (unpaired) electrons. The Kier molecular flexibility index (Phi) is 3.33. The van der Waals surface area contributed by atoms with Gasteiger partial charge in [-0.15, -0.1) is 0 Å². The number of fused-ring (bicyclic) bond motifs is 1. The fraction of sp³-hybridized carbons (Fsp3) is 0.176. The second-order valence-electron chi connectivity index (χ2n) is 5.02. The number of hydrogen-bond acceptors (Lipinski definition) is 2. The molecule has 0 aliphatic carbocycles. The number of nitrogens with zero attached hydrogens (tertiary/aromatic N) is 1. The van der Waals surface area contributed by atoms with E-state index in [1.165, 1.54) is 5.56 Å². The van der Waals surface area contributed by atoms with Crippen molar-refractivity contribution in [1.82, 2.24) is 4.57 Å². The Morgan fingerprint density at radius 3 is 2.40 bits per heavy atom. The van der Waals surface area contributed by atoms with Crippen LogP contribution in [0.2, 0.25) is 0 Å². The fourth-order valence-electron chi connectivity index (χ4n) is 2.50. The van der Waals surface area contributed by atoms with Crippen molar-refractivity contribution in [2.24, 2.45) is 0 Å². The fourth-order valence-corrected chi connectivity index (χ4v) is 2.50. The van der Waals surface area contributed by atoms with Crippen LogP contribution in [0.1, 0.15) is 12.0 Å². The van der Waals surface area contributed by atoms with Crippen molar-refractivity contribution < 1.29 is 10.2 Å². The van der Waals surface area contributed by atoms with Gasteiger partial charge in [0.25, 0.3) is 0 Å². The summed E-state index contributed by atoms with van der Waals surface area (Å²) in [6.45, 7) is 0.940. The average molecular weight is 267 g/mol. The molecule has 20 heavy (non-hydrogen) atoms. The molecule has 3 heteroatoms. The van der Waals surface area contributed by atoms with Crippen LogP contribution in [0.15, 0.2) is 54.7 Å². The maximum absolute atomic E-state index is 9.46. The molecule has 102 valence electrons. The zero-order chi connectivity index (χ0) is 13.9. The molecule has 0 unspecified atom stereocenters. The molecule has 0 aliphatic rings. The van der Waals surface area contributed by atoms with Gasteiger partial charge in [0.2, 0.25) is 0 Å². The van der Waals surface area contributed by atoms with Crippen molar-refractivity contribution in [3.8, 4) is 11.5 Å². The predicted molar refractivity (Wildman–Crippen MR) is 80.0 cm³/mol. The van der Waals surface area contributed by atoms with Crippen LogP contribution < -0.4 is 0 Å². The summed E-state index contributed by atoms with van der Waals surface area (Å²) in [5, 5.41) is 19.8.